The number of carboxylic acids is 1. The minimum absolute atomic E-state index is 0.0768. The highest BCUT2D eigenvalue weighted by molar-refractivity contribution is 6.13. The second-order valence-electron chi connectivity index (χ2n) is 5.17. The van der Waals surface area contributed by atoms with Crippen molar-refractivity contribution < 1.29 is 19.5 Å². The van der Waals surface area contributed by atoms with Crippen molar-refractivity contribution in [1.29, 1.82) is 0 Å². The van der Waals surface area contributed by atoms with E-state index in [1.54, 1.807) is 18.3 Å². The number of carbonyl (C=O) groups is 3. The van der Waals surface area contributed by atoms with Gasteiger partial charge in [0.2, 0.25) is 11.8 Å². The van der Waals surface area contributed by atoms with E-state index in [-0.39, 0.29) is 5.56 Å². The van der Waals surface area contributed by atoms with Crippen LogP contribution in [0.25, 0.3) is 10.9 Å². The Morgan fingerprint density at radius 1 is 1.29 bits per heavy atom. The van der Waals surface area contributed by atoms with Crippen molar-refractivity contribution in [2.75, 3.05) is 5.32 Å². The number of carbonyl (C=O) groups excluding carboxylic acids is 2. The smallest absolute Gasteiger partial charge is 0.336 e. The lowest BCUT2D eigenvalue weighted by Crippen LogP contribution is -2.36. The molecule has 1 aromatic heterocycles. The first-order valence-electron chi connectivity index (χ1n) is 6.40. The molecule has 3 rings (SSSR count). The van der Waals surface area contributed by atoms with Crippen LogP contribution >= 0.6 is 0 Å². The summed E-state index contributed by atoms with van der Waals surface area (Å²) in [5, 5.41) is 12.4. The SMILES string of the molecule is NC(=O)C1(C(=O)Nc2cc(C(=O)O)c3cc[nH]c3c2)CC1. The zero-order valence-corrected chi connectivity index (χ0v) is 11.0. The zero-order valence-electron chi connectivity index (χ0n) is 11.0. The molecule has 1 aromatic carbocycles. The van der Waals surface area contributed by atoms with Gasteiger partial charge in [-0.3, -0.25) is 9.59 Å². The Morgan fingerprint density at radius 2 is 2.00 bits per heavy atom. The molecule has 0 aliphatic heterocycles. The Labute approximate surface area is 119 Å². The summed E-state index contributed by atoms with van der Waals surface area (Å²) >= 11 is 0. The van der Waals surface area contributed by atoms with E-state index in [9.17, 15) is 19.5 Å². The van der Waals surface area contributed by atoms with E-state index in [1.165, 1.54) is 6.07 Å². The molecular formula is C14H13N3O4. The summed E-state index contributed by atoms with van der Waals surface area (Å²) in [6, 6.07) is 4.64. The van der Waals surface area contributed by atoms with E-state index in [4.69, 9.17) is 5.73 Å². The van der Waals surface area contributed by atoms with Gasteiger partial charge in [-0.05, 0) is 31.0 Å². The molecule has 1 aliphatic carbocycles. The summed E-state index contributed by atoms with van der Waals surface area (Å²) in [6.07, 6.45) is 2.46. The molecule has 0 atom stereocenters. The highest BCUT2D eigenvalue weighted by atomic mass is 16.4. The fourth-order valence-electron chi connectivity index (χ4n) is 2.38. The van der Waals surface area contributed by atoms with Crippen molar-refractivity contribution in [3.63, 3.8) is 0 Å². The average molecular weight is 287 g/mol. The molecule has 0 unspecified atom stereocenters. The molecule has 5 N–H and O–H groups in total. The number of hydrogen-bond acceptors (Lipinski definition) is 3. The number of nitrogens with two attached hydrogens (primary N) is 1. The topological polar surface area (TPSA) is 125 Å². The number of aromatic carboxylic acids is 1. The Kier molecular flexibility index (Phi) is 2.72. The maximum atomic E-state index is 12.1. The highest BCUT2D eigenvalue weighted by Crippen LogP contribution is 2.46. The first-order chi connectivity index (χ1) is 9.94. The second-order valence-corrected chi connectivity index (χ2v) is 5.17. The van der Waals surface area contributed by atoms with Gasteiger partial charge in [-0.2, -0.15) is 0 Å². The molecule has 1 fully saturated rings. The number of carboxylic acid groups (broad SMARTS) is 1. The summed E-state index contributed by atoms with van der Waals surface area (Å²) in [6.45, 7) is 0. The minimum atomic E-state index is -1.14. The summed E-state index contributed by atoms with van der Waals surface area (Å²) < 4.78 is 0. The van der Waals surface area contributed by atoms with Crippen molar-refractivity contribution in [1.82, 2.24) is 4.98 Å². The molecule has 2 aromatic rings. The van der Waals surface area contributed by atoms with Crippen LogP contribution in [-0.2, 0) is 9.59 Å². The lowest BCUT2D eigenvalue weighted by molar-refractivity contribution is -0.132. The monoisotopic (exact) mass is 287 g/mol. The molecule has 0 bridgehead atoms. The summed E-state index contributed by atoms with van der Waals surface area (Å²) in [5.74, 6) is -2.23. The minimum Gasteiger partial charge on any atom is -0.478 e. The fraction of sp³-hybridized carbons (Fsp3) is 0.214. The van der Waals surface area contributed by atoms with Crippen molar-refractivity contribution in [2.24, 2.45) is 11.1 Å². The molecule has 0 saturated heterocycles. The number of aromatic amines is 1. The lowest BCUT2D eigenvalue weighted by Gasteiger charge is -2.12. The number of nitrogens with one attached hydrogen (secondary N) is 2. The highest BCUT2D eigenvalue weighted by Gasteiger charge is 2.55. The molecule has 0 spiro atoms. The number of hydrogen-bond donors (Lipinski definition) is 4. The van der Waals surface area contributed by atoms with Crippen LogP contribution in [0, 0.1) is 5.41 Å². The summed E-state index contributed by atoms with van der Waals surface area (Å²) in [5.41, 5.74) is 5.08. The number of amides is 2. The number of primary amides is 1. The quantitative estimate of drug-likeness (QED) is 0.627. The van der Waals surface area contributed by atoms with E-state index < -0.39 is 23.2 Å². The Bertz CT molecular complexity index is 774. The van der Waals surface area contributed by atoms with Crippen LogP contribution in [0.1, 0.15) is 23.2 Å². The third kappa shape index (κ3) is 2.03. The van der Waals surface area contributed by atoms with Gasteiger partial charge in [-0.1, -0.05) is 0 Å². The number of rotatable bonds is 4. The van der Waals surface area contributed by atoms with Crippen LogP contribution in [0.2, 0.25) is 0 Å². The molecule has 0 radical (unpaired) electrons. The molecule has 108 valence electrons. The van der Waals surface area contributed by atoms with Gasteiger partial charge in [-0.25, -0.2) is 4.79 Å². The normalized spacial score (nSPS) is 15.6. The largest absolute Gasteiger partial charge is 0.478 e. The standard InChI is InChI=1S/C14H13N3O4/c15-12(20)14(2-3-14)13(21)17-7-5-9(11(18)19)8-1-4-16-10(8)6-7/h1,4-6,16H,2-3H2,(H2,15,20)(H,17,21)(H,18,19). The van der Waals surface area contributed by atoms with Crippen LogP contribution in [0.4, 0.5) is 5.69 Å². The maximum absolute atomic E-state index is 12.1. The number of aromatic nitrogens is 1. The molecule has 1 heterocycles. The molecule has 2 amide bonds. The number of fused-ring (bicyclic) bond motifs is 1. The van der Waals surface area contributed by atoms with Crippen LogP contribution in [0.15, 0.2) is 24.4 Å². The van der Waals surface area contributed by atoms with Gasteiger partial charge >= 0.3 is 5.97 Å². The van der Waals surface area contributed by atoms with Gasteiger partial charge in [-0.15, -0.1) is 0 Å². The van der Waals surface area contributed by atoms with Gasteiger partial charge in [0.25, 0.3) is 0 Å². The lowest BCUT2D eigenvalue weighted by atomic mass is 10.0. The second kappa shape index (κ2) is 4.34. The van der Waals surface area contributed by atoms with Crippen molar-refractivity contribution in [3.8, 4) is 0 Å². The molecule has 1 aliphatic rings. The van der Waals surface area contributed by atoms with Gasteiger partial charge in [0.05, 0.1) is 5.56 Å². The summed E-state index contributed by atoms with van der Waals surface area (Å²) in [4.78, 5) is 37.6. The van der Waals surface area contributed by atoms with Crippen LogP contribution in [-0.4, -0.2) is 27.9 Å². The van der Waals surface area contributed by atoms with Crippen molar-refractivity contribution in [3.05, 3.63) is 30.0 Å². The molecule has 7 heteroatoms. The Hall–Kier alpha value is -2.83. The van der Waals surface area contributed by atoms with Gasteiger partial charge in [0.1, 0.15) is 5.41 Å². The molecule has 7 nitrogen and oxygen atoms in total. The molecule has 21 heavy (non-hydrogen) atoms. The van der Waals surface area contributed by atoms with E-state index >= 15 is 0 Å². The van der Waals surface area contributed by atoms with E-state index in [0.29, 0.717) is 29.4 Å². The first-order valence-corrected chi connectivity index (χ1v) is 6.40. The van der Waals surface area contributed by atoms with Crippen molar-refractivity contribution >= 4 is 34.4 Å². The predicted molar refractivity (Wildman–Crippen MR) is 74.7 cm³/mol. The number of H-pyrrole nitrogens is 1. The van der Waals surface area contributed by atoms with Gasteiger partial charge in [0.15, 0.2) is 0 Å². The Balaban J connectivity index is 1.96. The van der Waals surface area contributed by atoms with E-state index in [0.717, 1.165) is 0 Å². The fourth-order valence-corrected chi connectivity index (χ4v) is 2.38. The molecule has 1 saturated carbocycles. The average Bonchev–Trinajstić information content (AvgIpc) is 3.11. The molecular weight excluding hydrogens is 274 g/mol. The van der Waals surface area contributed by atoms with Crippen LogP contribution in [0.5, 0.6) is 0 Å². The third-order valence-corrected chi connectivity index (χ3v) is 3.81. The van der Waals surface area contributed by atoms with Gasteiger partial charge in [0, 0.05) is 22.8 Å². The van der Waals surface area contributed by atoms with Crippen molar-refractivity contribution in [2.45, 2.75) is 12.8 Å². The van der Waals surface area contributed by atoms with Crippen LogP contribution in [0.3, 0.4) is 0 Å². The predicted octanol–water partition coefficient (Wildman–Crippen LogP) is 1.07. The first kappa shape index (κ1) is 13.2. The van der Waals surface area contributed by atoms with E-state index in [1.807, 2.05) is 0 Å². The number of benzene rings is 1. The zero-order chi connectivity index (χ0) is 15.2. The maximum Gasteiger partial charge on any atom is 0.336 e. The van der Waals surface area contributed by atoms with Gasteiger partial charge < -0.3 is 21.1 Å². The van der Waals surface area contributed by atoms with E-state index in [2.05, 4.69) is 10.3 Å². The Morgan fingerprint density at radius 3 is 2.57 bits per heavy atom. The summed E-state index contributed by atoms with van der Waals surface area (Å²) in [7, 11) is 0. The number of anilines is 1. The van der Waals surface area contributed by atoms with Crippen LogP contribution < -0.4 is 11.1 Å². The third-order valence-electron chi connectivity index (χ3n) is 3.81.